The fourth-order valence-electron chi connectivity index (χ4n) is 2.82. The highest BCUT2D eigenvalue weighted by molar-refractivity contribution is 6.30. The van der Waals surface area contributed by atoms with Crippen molar-refractivity contribution in [1.82, 2.24) is 9.55 Å². The molecule has 3 aromatic rings. The number of nitrogens with two attached hydrogens (primary N) is 1. The van der Waals surface area contributed by atoms with E-state index in [0.29, 0.717) is 27.6 Å². The molecule has 2 heterocycles. The molecular weight excluding hydrogens is 370 g/mol. The Bertz CT molecular complexity index is 1100. The maximum atomic E-state index is 13.1. The van der Waals surface area contributed by atoms with Gasteiger partial charge in [-0.3, -0.25) is 9.36 Å². The summed E-state index contributed by atoms with van der Waals surface area (Å²) in [5, 5.41) is 0.971. The van der Waals surface area contributed by atoms with E-state index in [1.807, 2.05) is 0 Å². The number of carbonyl (C=O) groups is 1. The van der Waals surface area contributed by atoms with Crippen molar-refractivity contribution in [2.24, 2.45) is 0 Å². The van der Waals surface area contributed by atoms with Gasteiger partial charge in [0, 0.05) is 16.5 Å². The van der Waals surface area contributed by atoms with E-state index in [0.717, 1.165) is 12.8 Å². The van der Waals surface area contributed by atoms with Gasteiger partial charge in [-0.15, -0.1) is 0 Å². The van der Waals surface area contributed by atoms with Gasteiger partial charge in [0.05, 0.1) is 18.5 Å². The molecule has 2 aromatic heterocycles. The van der Waals surface area contributed by atoms with Crippen LogP contribution in [0.2, 0.25) is 5.02 Å². The first-order valence-electron chi connectivity index (χ1n) is 8.35. The van der Waals surface area contributed by atoms with E-state index in [-0.39, 0.29) is 17.4 Å². The van der Waals surface area contributed by atoms with Crippen molar-refractivity contribution in [3.63, 3.8) is 0 Å². The topological polar surface area (TPSA) is 96.4 Å². The molecule has 0 saturated heterocycles. The van der Waals surface area contributed by atoms with Crippen molar-refractivity contribution in [2.45, 2.75) is 18.9 Å². The molecular formula is C19H16ClN3O4. The molecule has 1 saturated carbocycles. The molecule has 7 nitrogen and oxygen atoms in total. The Kier molecular flexibility index (Phi) is 4.24. The summed E-state index contributed by atoms with van der Waals surface area (Å²) >= 11 is 5.96. The van der Waals surface area contributed by atoms with Gasteiger partial charge in [0.1, 0.15) is 11.7 Å². The van der Waals surface area contributed by atoms with Gasteiger partial charge >= 0.3 is 5.97 Å². The maximum absolute atomic E-state index is 13.1. The number of aromatic nitrogens is 2. The first kappa shape index (κ1) is 17.4. The third-order valence-corrected chi connectivity index (χ3v) is 4.58. The molecule has 4 rings (SSSR count). The smallest absolute Gasteiger partial charge is 0.345 e. The van der Waals surface area contributed by atoms with E-state index in [1.165, 1.54) is 11.7 Å². The number of pyridine rings is 2. The van der Waals surface area contributed by atoms with E-state index in [2.05, 4.69) is 4.98 Å². The van der Waals surface area contributed by atoms with E-state index < -0.39 is 11.5 Å². The fraction of sp³-hybridized carbons (Fsp3) is 0.211. The fourth-order valence-corrected chi connectivity index (χ4v) is 2.95. The number of hydrogen-bond donors (Lipinski definition) is 1. The summed E-state index contributed by atoms with van der Waals surface area (Å²) in [4.78, 5) is 29.8. The number of nitrogens with zero attached hydrogens (tertiary/aromatic N) is 2. The van der Waals surface area contributed by atoms with Crippen molar-refractivity contribution in [3.05, 3.63) is 57.3 Å². The maximum Gasteiger partial charge on any atom is 0.345 e. The Balaban J connectivity index is 2.04. The van der Waals surface area contributed by atoms with Crippen LogP contribution in [0.15, 0.2) is 41.2 Å². The number of ether oxygens (including phenoxy) is 2. The second kappa shape index (κ2) is 6.59. The average molecular weight is 386 g/mol. The van der Waals surface area contributed by atoms with Crippen LogP contribution in [-0.2, 0) is 4.74 Å². The summed E-state index contributed by atoms with van der Waals surface area (Å²) in [5.41, 5.74) is 6.07. The lowest BCUT2D eigenvalue weighted by molar-refractivity contribution is 0.0600. The SMILES string of the molecule is COC(=O)c1c(N)c2ccc(OC3CC3)nc2n(-c2ccc(Cl)cc2)c1=O. The molecule has 1 aliphatic rings. The van der Waals surface area contributed by atoms with Gasteiger partial charge in [-0.25, -0.2) is 4.79 Å². The molecule has 1 fully saturated rings. The van der Waals surface area contributed by atoms with Crippen LogP contribution in [0.1, 0.15) is 23.2 Å². The molecule has 1 aliphatic carbocycles. The van der Waals surface area contributed by atoms with Gasteiger partial charge in [-0.1, -0.05) is 11.6 Å². The van der Waals surface area contributed by atoms with Crippen molar-refractivity contribution < 1.29 is 14.3 Å². The first-order valence-corrected chi connectivity index (χ1v) is 8.73. The molecule has 0 spiro atoms. The quantitative estimate of drug-likeness (QED) is 0.693. The molecule has 0 unspecified atom stereocenters. The summed E-state index contributed by atoms with van der Waals surface area (Å²) in [5.74, 6) is -0.405. The number of benzene rings is 1. The largest absolute Gasteiger partial charge is 0.474 e. The number of carbonyl (C=O) groups excluding carboxylic acids is 1. The highest BCUT2D eigenvalue weighted by atomic mass is 35.5. The Hall–Kier alpha value is -3.06. The highest BCUT2D eigenvalue weighted by Gasteiger charge is 2.26. The number of esters is 1. The van der Waals surface area contributed by atoms with Crippen molar-refractivity contribution >= 4 is 34.3 Å². The standard InChI is InChI=1S/C19H16ClN3O4/c1-26-19(25)15-16(21)13-8-9-14(27-12-6-7-12)22-17(13)23(18(15)24)11-4-2-10(20)3-5-11/h2-5,8-9,12H,6-7,21H2,1H3. The second-order valence-electron chi connectivity index (χ2n) is 6.24. The van der Waals surface area contributed by atoms with Crippen LogP contribution in [-0.4, -0.2) is 28.7 Å². The number of halogens is 1. The molecule has 1 aromatic carbocycles. The van der Waals surface area contributed by atoms with E-state index in [1.54, 1.807) is 36.4 Å². The number of nitrogen functional groups attached to an aromatic ring is 1. The van der Waals surface area contributed by atoms with Gasteiger partial charge in [-0.2, -0.15) is 4.98 Å². The molecule has 0 radical (unpaired) electrons. The monoisotopic (exact) mass is 385 g/mol. The minimum Gasteiger partial charge on any atom is -0.474 e. The molecule has 2 N–H and O–H groups in total. The lowest BCUT2D eigenvalue weighted by Crippen LogP contribution is -2.28. The number of hydrogen-bond acceptors (Lipinski definition) is 6. The lowest BCUT2D eigenvalue weighted by atomic mass is 10.1. The van der Waals surface area contributed by atoms with E-state index in [4.69, 9.17) is 26.8 Å². The lowest BCUT2D eigenvalue weighted by Gasteiger charge is -2.15. The van der Waals surface area contributed by atoms with Crippen LogP contribution in [0, 0.1) is 0 Å². The third kappa shape index (κ3) is 3.10. The highest BCUT2D eigenvalue weighted by Crippen LogP contribution is 2.30. The number of rotatable bonds is 4. The van der Waals surface area contributed by atoms with Crippen LogP contribution < -0.4 is 16.0 Å². The summed E-state index contributed by atoms with van der Waals surface area (Å²) in [6.45, 7) is 0. The van der Waals surface area contributed by atoms with Gasteiger partial charge in [0.25, 0.3) is 5.56 Å². The molecule has 8 heteroatoms. The number of fused-ring (bicyclic) bond motifs is 1. The van der Waals surface area contributed by atoms with Crippen LogP contribution in [0.25, 0.3) is 16.7 Å². The Labute approximate surface area is 159 Å². The van der Waals surface area contributed by atoms with Crippen LogP contribution >= 0.6 is 11.6 Å². The zero-order chi connectivity index (χ0) is 19.1. The van der Waals surface area contributed by atoms with Crippen LogP contribution in [0.5, 0.6) is 5.88 Å². The Morgan fingerprint density at radius 2 is 1.93 bits per heavy atom. The summed E-state index contributed by atoms with van der Waals surface area (Å²) in [6, 6.07) is 9.98. The summed E-state index contributed by atoms with van der Waals surface area (Å²) < 4.78 is 11.8. The molecule has 0 aliphatic heterocycles. The van der Waals surface area contributed by atoms with Crippen molar-refractivity contribution in [1.29, 1.82) is 0 Å². The van der Waals surface area contributed by atoms with Crippen molar-refractivity contribution in [2.75, 3.05) is 12.8 Å². The van der Waals surface area contributed by atoms with Gasteiger partial charge in [0.2, 0.25) is 5.88 Å². The predicted molar refractivity (Wildman–Crippen MR) is 102 cm³/mol. The Morgan fingerprint density at radius 1 is 1.22 bits per heavy atom. The molecule has 0 bridgehead atoms. The minimum absolute atomic E-state index is 0.0255. The molecule has 0 atom stereocenters. The van der Waals surface area contributed by atoms with E-state index in [9.17, 15) is 9.59 Å². The first-order chi connectivity index (χ1) is 13.0. The third-order valence-electron chi connectivity index (χ3n) is 4.32. The Morgan fingerprint density at radius 3 is 2.56 bits per heavy atom. The normalized spacial score (nSPS) is 13.6. The van der Waals surface area contributed by atoms with Gasteiger partial charge in [-0.05, 0) is 43.2 Å². The summed E-state index contributed by atoms with van der Waals surface area (Å²) in [7, 11) is 1.20. The average Bonchev–Trinajstić information content (AvgIpc) is 3.47. The number of methoxy groups -OCH3 is 1. The van der Waals surface area contributed by atoms with Crippen LogP contribution in [0.4, 0.5) is 5.69 Å². The van der Waals surface area contributed by atoms with E-state index >= 15 is 0 Å². The van der Waals surface area contributed by atoms with Crippen LogP contribution in [0.3, 0.4) is 0 Å². The molecule has 27 heavy (non-hydrogen) atoms. The zero-order valence-corrected chi connectivity index (χ0v) is 15.2. The zero-order valence-electron chi connectivity index (χ0n) is 14.4. The van der Waals surface area contributed by atoms with Gasteiger partial charge < -0.3 is 15.2 Å². The van der Waals surface area contributed by atoms with Gasteiger partial charge in [0.15, 0.2) is 5.65 Å². The molecule has 0 amide bonds. The summed E-state index contributed by atoms with van der Waals surface area (Å²) in [6.07, 6.45) is 2.11. The second-order valence-corrected chi connectivity index (χ2v) is 6.67. The number of anilines is 1. The minimum atomic E-state index is -0.805. The van der Waals surface area contributed by atoms with Crippen molar-refractivity contribution in [3.8, 4) is 11.6 Å². The molecule has 138 valence electrons. The predicted octanol–water partition coefficient (Wildman–Crippen LogP) is 2.95.